The van der Waals surface area contributed by atoms with Gasteiger partial charge < -0.3 is 9.64 Å². The normalized spacial score (nSPS) is 9.90. The molecule has 106 valence electrons. The van der Waals surface area contributed by atoms with Gasteiger partial charge >= 0.3 is 6.09 Å². The summed E-state index contributed by atoms with van der Waals surface area (Å²) in [6, 6.07) is 9.63. The van der Waals surface area contributed by atoms with E-state index in [-0.39, 0.29) is 17.8 Å². The molecule has 1 amide bonds. The van der Waals surface area contributed by atoms with Crippen molar-refractivity contribution in [1.82, 2.24) is 4.90 Å². The summed E-state index contributed by atoms with van der Waals surface area (Å²) in [6.07, 6.45) is -0.414. The van der Waals surface area contributed by atoms with Crippen molar-refractivity contribution in [2.45, 2.75) is 39.8 Å². The molecule has 0 fully saturated rings. The second kappa shape index (κ2) is 7.40. The van der Waals surface area contributed by atoms with Gasteiger partial charge in [-0.3, -0.25) is 0 Å². The van der Waals surface area contributed by atoms with Crippen LogP contribution in [0, 0.1) is 11.8 Å². The van der Waals surface area contributed by atoms with Crippen LogP contribution in [0.2, 0.25) is 0 Å². The van der Waals surface area contributed by atoms with Gasteiger partial charge in [0.1, 0.15) is 0 Å². The SMILES string of the molecule is C=C(C#Cc1ccccc1)OC(=O)N(C(C)C)C(C)C. The molecule has 1 rings (SSSR count). The number of allylic oxidation sites excluding steroid dienone is 1. The molecule has 0 aliphatic rings. The van der Waals surface area contributed by atoms with Crippen molar-refractivity contribution in [3.63, 3.8) is 0 Å². The zero-order chi connectivity index (χ0) is 15.1. The largest absolute Gasteiger partial charge is 0.416 e. The highest BCUT2D eigenvalue weighted by Gasteiger charge is 2.21. The number of nitrogens with zero attached hydrogens (tertiary/aromatic N) is 1. The summed E-state index contributed by atoms with van der Waals surface area (Å²) in [5, 5.41) is 0. The molecule has 1 aromatic rings. The minimum atomic E-state index is -0.414. The van der Waals surface area contributed by atoms with E-state index in [0.29, 0.717) is 0 Å². The first-order valence-electron chi connectivity index (χ1n) is 6.68. The summed E-state index contributed by atoms with van der Waals surface area (Å²) >= 11 is 0. The third kappa shape index (κ3) is 4.81. The Balaban J connectivity index is 2.67. The Hall–Kier alpha value is -2.21. The summed E-state index contributed by atoms with van der Waals surface area (Å²) in [5.41, 5.74) is 0.856. The van der Waals surface area contributed by atoms with Gasteiger partial charge in [0.05, 0.1) is 0 Å². The molecule has 3 nitrogen and oxygen atoms in total. The van der Waals surface area contributed by atoms with Crippen LogP contribution >= 0.6 is 0 Å². The van der Waals surface area contributed by atoms with E-state index in [1.54, 1.807) is 4.90 Å². The Morgan fingerprint density at radius 3 is 2.20 bits per heavy atom. The van der Waals surface area contributed by atoms with Crippen molar-refractivity contribution in [3.05, 3.63) is 48.2 Å². The number of hydrogen-bond donors (Lipinski definition) is 0. The minimum absolute atomic E-state index is 0.0670. The third-order valence-electron chi connectivity index (χ3n) is 2.65. The number of benzene rings is 1. The number of carbonyl (C=O) groups is 1. The molecule has 0 N–H and O–H groups in total. The van der Waals surface area contributed by atoms with Gasteiger partial charge in [-0.2, -0.15) is 0 Å². The first kappa shape index (κ1) is 15.8. The van der Waals surface area contributed by atoms with Crippen molar-refractivity contribution >= 4 is 6.09 Å². The molecule has 0 bridgehead atoms. The van der Waals surface area contributed by atoms with Gasteiger partial charge in [-0.05, 0) is 52.3 Å². The molecular weight excluding hydrogens is 250 g/mol. The molecule has 0 saturated carbocycles. The van der Waals surface area contributed by atoms with Crippen LogP contribution in [0.15, 0.2) is 42.7 Å². The number of rotatable bonds is 3. The lowest BCUT2D eigenvalue weighted by atomic mass is 10.2. The summed E-state index contributed by atoms with van der Waals surface area (Å²) in [4.78, 5) is 13.7. The van der Waals surface area contributed by atoms with E-state index in [1.165, 1.54) is 0 Å². The minimum Gasteiger partial charge on any atom is -0.402 e. The van der Waals surface area contributed by atoms with E-state index in [2.05, 4.69) is 18.4 Å². The van der Waals surface area contributed by atoms with Crippen LogP contribution in [-0.4, -0.2) is 23.1 Å². The molecule has 0 unspecified atom stereocenters. The molecule has 0 aliphatic carbocycles. The van der Waals surface area contributed by atoms with Crippen LogP contribution in [-0.2, 0) is 4.74 Å². The number of carbonyl (C=O) groups excluding carboxylic acids is 1. The molecule has 1 aromatic carbocycles. The van der Waals surface area contributed by atoms with Crippen LogP contribution in [0.1, 0.15) is 33.3 Å². The molecule has 0 radical (unpaired) electrons. The van der Waals surface area contributed by atoms with Crippen LogP contribution in [0.4, 0.5) is 4.79 Å². The third-order valence-corrected chi connectivity index (χ3v) is 2.65. The lowest BCUT2D eigenvalue weighted by molar-refractivity contribution is 0.105. The molecule has 3 heteroatoms. The summed E-state index contributed by atoms with van der Waals surface area (Å²) in [7, 11) is 0. The number of amides is 1. The average Bonchev–Trinajstić information content (AvgIpc) is 2.36. The van der Waals surface area contributed by atoms with Gasteiger partial charge in [0.25, 0.3) is 0 Å². The van der Waals surface area contributed by atoms with Crippen molar-refractivity contribution < 1.29 is 9.53 Å². The number of ether oxygens (including phenoxy) is 1. The molecule has 0 aromatic heterocycles. The molecular formula is C17H21NO2. The van der Waals surface area contributed by atoms with E-state index >= 15 is 0 Å². The van der Waals surface area contributed by atoms with E-state index in [4.69, 9.17) is 4.74 Å². The number of hydrogen-bond acceptors (Lipinski definition) is 2. The fourth-order valence-electron chi connectivity index (χ4n) is 1.86. The molecule has 0 aliphatic heterocycles. The maximum atomic E-state index is 12.0. The van der Waals surface area contributed by atoms with Crippen molar-refractivity contribution in [2.75, 3.05) is 0 Å². The topological polar surface area (TPSA) is 29.5 Å². The van der Waals surface area contributed by atoms with Gasteiger partial charge in [0.15, 0.2) is 5.76 Å². The Morgan fingerprint density at radius 1 is 1.15 bits per heavy atom. The zero-order valence-corrected chi connectivity index (χ0v) is 12.5. The van der Waals surface area contributed by atoms with E-state index < -0.39 is 6.09 Å². The highest BCUT2D eigenvalue weighted by atomic mass is 16.6. The first-order valence-corrected chi connectivity index (χ1v) is 6.68. The molecule has 20 heavy (non-hydrogen) atoms. The quantitative estimate of drug-likeness (QED) is 0.618. The first-order chi connectivity index (χ1) is 9.41. The van der Waals surface area contributed by atoms with Gasteiger partial charge in [0.2, 0.25) is 0 Å². The zero-order valence-electron chi connectivity index (χ0n) is 12.5. The second-order valence-corrected chi connectivity index (χ2v) is 5.00. The molecule has 0 heterocycles. The van der Waals surface area contributed by atoms with Gasteiger partial charge in [-0.15, -0.1) is 0 Å². The fraction of sp³-hybridized carbons (Fsp3) is 0.353. The highest BCUT2D eigenvalue weighted by molar-refractivity contribution is 5.70. The average molecular weight is 271 g/mol. The lowest BCUT2D eigenvalue weighted by Crippen LogP contribution is -2.42. The van der Waals surface area contributed by atoms with Gasteiger partial charge in [0, 0.05) is 17.6 Å². The smallest absolute Gasteiger partial charge is 0.402 e. The van der Waals surface area contributed by atoms with Crippen molar-refractivity contribution in [2.24, 2.45) is 0 Å². The summed E-state index contributed by atoms with van der Waals surface area (Å²) < 4.78 is 5.18. The second-order valence-electron chi connectivity index (χ2n) is 5.00. The Bertz CT molecular complexity index is 513. The molecule has 0 atom stereocenters. The van der Waals surface area contributed by atoms with Crippen LogP contribution in [0.3, 0.4) is 0 Å². The Labute approximate surface area is 121 Å². The maximum Gasteiger partial charge on any atom is 0.416 e. The van der Waals surface area contributed by atoms with Crippen molar-refractivity contribution in [1.29, 1.82) is 0 Å². The van der Waals surface area contributed by atoms with Crippen molar-refractivity contribution in [3.8, 4) is 11.8 Å². The Kier molecular flexibility index (Phi) is 5.86. The summed E-state index contributed by atoms with van der Waals surface area (Å²) in [6.45, 7) is 11.4. The molecule has 0 saturated heterocycles. The van der Waals surface area contributed by atoms with E-state index in [1.807, 2.05) is 58.0 Å². The standard InChI is InChI=1S/C17H21NO2/c1-13(2)18(14(3)4)17(19)20-15(5)11-12-16-9-7-6-8-10-16/h6-10,13-14H,5H2,1-4H3. The highest BCUT2D eigenvalue weighted by Crippen LogP contribution is 2.09. The van der Waals surface area contributed by atoms with Gasteiger partial charge in [-0.25, -0.2) is 4.79 Å². The van der Waals surface area contributed by atoms with Crippen LogP contribution < -0.4 is 0 Å². The van der Waals surface area contributed by atoms with E-state index in [0.717, 1.165) is 5.56 Å². The Morgan fingerprint density at radius 2 is 1.70 bits per heavy atom. The van der Waals surface area contributed by atoms with Gasteiger partial charge in [-0.1, -0.05) is 24.1 Å². The van der Waals surface area contributed by atoms with Crippen LogP contribution in [0.25, 0.3) is 0 Å². The van der Waals surface area contributed by atoms with E-state index in [9.17, 15) is 4.79 Å². The van der Waals surface area contributed by atoms with Crippen LogP contribution in [0.5, 0.6) is 0 Å². The lowest BCUT2D eigenvalue weighted by Gasteiger charge is -2.29. The fourth-order valence-corrected chi connectivity index (χ4v) is 1.86. The predicted molar refractivity (Wildman–Crippen MR) is 81.1 cm³/mol. The maximum absolute atomic E-state index is 12.0. The monoisotopic (exact) mass is 271 g/mol. The summed E-state index contributed by atoms with van der Waals surface area (Å²) in [5.74, 6) is 5.81. The molecule has 0 spiro atoms. The predicted octanol–water partition coefficient (Wildman–Crippen LogP) is 3.81.